The number of allylic oxidation sites excluding steroid dienone is 1. The summed E-state index contributed by atoms with van der Waals surface area (Å²) >= 11 is 0. The molecule has 2 aliphatic carbocycles. The molecule has 0 radical (unpaired) electrons. The fourth-order valence-corrected chi connectivity index (χ4v) is 4.01. The Bertz CT molecular complexity index is 341. The van der Waals surface area contributed by atoms with E-state index in [0.29, 0.717) is 11.5 Å². The first kappa shape index (κ1) is 11.7. The molecule has 2 nitrogen and oxygen atoms in total. The molecular formula is C14H22O2. The second kappa shape index (κ2) is 3.61. The summed E-state index contributed by atoms with van der Waals surface area (Å²) in [5, 5.41) is 9.11. The van der Waals surface area contributed by atoms with Crippen molar-refractivity contribution in [2.24, 2.45) is 16.7 Å². The average molecular weight is 222 g/mol. The number of aliphatic hydroxyl groups excluding tert-OH is 1. The van der Waals surface area contributed by atoms with Crippen LogP contribution in [0.1, 0.15) is 52.9 Å². The molecule has 0 aromatic rings. The second-order valence-corrected chi connectivity index (χ2v) is 6.33. The lowest BCUT2D eigenvalue weighted by molar-refractivity contribution is -0.137. The van der Waals surface area contributed by atoms with Gasteiger partial charge in [0.2, 0.25) is 0 Å². The van der Waals surface area contributed by atoms with E-state index in [1.807, 2.05) is 0 Å². The summed E-state index contributed by atoms with van der Waals surface area (Å²) in [5.41, 5.74) is 0.675. The van der Waals surface area contributed by atoms with E-state index in [4.69, 9.17) is 5.11 Å². The van der Waals surface area contributed by atoms with Crippen molar-refractivity contribution < 1.29 is 9.90 Å². The van der Waals surface area contributed by atoms with Crippen LogP contribution in [-0.2, 0) is 4.79 Å². The number of rotatable bonds is 0. The first-order valence-corrected chi connectivity index (χ1v) is 6.30. The molecule has 2 aliphatic rings. The van der Waals surface area contributed by atoms with Gasteiger partial charge in [0.05, 0.1) is 6.26 Å². The Morgan fingerprint density at radius 1 is 1.31 bits per heavy atom. The topological polar surface area (TPSA) is 37.3 Å². The summed E-state index contributed by atoms with van der Waals surface area (Å²) in [6, 6.07) is 0. The highest BCUT2D eigenvalue weighted by Crippen LogP contribution is 2.56. The van der Waals surface area contributed by atoms with E-state index in [1.165, 1.54) is 6.42 Å². The molecule has 2 heteroatoms. The molecule has 16 heavy (non-hydrogen) atoms. The van der Waals surface area contributed by atoms with Crippen molar-refractivity contribution in [3.05, 3.63) is 11.8 Å². The van der Waals surface area contributed by atoms with Gasteiger partial charge in [-0.05, 0) is 37.0 Å². The molecule has 0 amide bonds. The van der Waals surface area contributed by atoms with Gasteiger partial charge >= 0.3 is 0 Å². The third kappa shape index (κ3) is 1.50. The number of Topliss-reactive ketones (excluding diaryl/α,β-unsaturated/α-hetero) is 1. The van der Waals surface area contributed by atoms with Crippen LogP contribution in [0.4, 0.5) is 0 Å². The number of aliphatic hydroxyl groups is 1. The zero-order valence-electron chi connectivity index (χ0n) is 10.5. The average Bonchev–Trinajstić information content (AvgIpc) is 2.20. The van der Waals surface area contributed by atoms with E-state index in [0.717, 1.165) is 31.9 Å². The highest BCUT2D eigenvalue weighted by molar-refractivity contribution is 6.00. The molecule has 2 rings (SSSR count). The van der Waals surface area contributed by atoms with Gasteiger partial charge in [0.25, 0.3) is 0 Å². The lowest BCUT2D eigenvalue weighted by Crippen LogP contribution is -2.49. The van der Waals surface area contributed by atoms with Crippen molar-refractivity contribution in [2.45, 2.75) is 52.9 Å². The van der Waals surface area contributed by atoms with Crippen molar-refractivity contribution in [3.8, 4) is 0 Å². The van der Waals surface area contributed by atoms with Gasteiger partial charge in [0.1, 0.15) is 0 Å². The van der Waals surface area contributed by atoms with Gasteiger partial charge in [-0.2, -0.15) is 0 Å². The summed E-state index contributed by atoms with van der Waals surface area (Å²) in [4.78, 5) is 12.4. The van der Waals surface area contributed by atoms with E-state index >= 15 is 0 Å². The third-order valence-electron chi connectivity index (χ3n) is 4.90. The molecule has 0 spiro atoms. The summed E-state index contributed by atoms with van der Waals surface area (Å²) in [7, 11) is 0. The monoisotopic (exact) mass is 222 g/mol. The van der Waals surface area contributed by atoms with E-state index in [1.54, 1.807) is 0 Å². The highest BCUT2D eigenvalue weighted by atomic mass is 16.2. The predicted octanol–water partition coefficient (Wildman–Crippen LogP) is 3.62. The fourth-order valence-electron chi connectivity index (χ4n) is 4.01. The first-order chi connectivity index (χ1) is 7.42. The SMILES string of the molecule is CC1(C)CCC[C@]2(C)C(=O)/C(=C\O)CC[C@@H]12. The zero-order chi connectivity index (χ0) is 12.0. The van der Waals surface area contributed by atoms with E-state index in [-0.39, 0.29) is 16.6 Å². The molecule has 0 heterocycles. The van der Waals surface area contributed by atoms with Crippen molar-refractivity contribution >= 4 is 5.78 Å². The molecule has 0 unspecified atom stereocenters. The van der Waals surface area contributed by atoms with Gasteiger partial charge in [-0.3, -0.25) is 4.79 Å². The van der Waals surface area contributed by atoms with Gasteiger partial charge in [-0.25, -0.2) is 0 Å². The van der Waals surface area contributed by atoms with Crippen LogP contribution < -0.4 is 0 Å². The van der Waals surface area contributed by atoms with Gasteiger partial charge in [0, 0.05) is 11.0 Å². The maximum absolute atomic E-state index is 12.4. The van der Waals surface area contributed by atoms with E-state index in [2.05, 4.69) is 20.8 Å². The van der Waals surface area contributed by atoms with Crippen LogP contribution >= 0.6 is 0 Å². The number of ketones is 1. The molecule has 2 fully saturated rings. The molecule has 0 saturated heterocycles. The van der Waals surface area contributed by atoms with Crippen LogP contribution in [0.2, 0.25) is 0 Å². The Morgan fingerprint density at radius 2 is 2.00 bits per heavy atom. The minimum atomic E-state index is -0.228. The van der Waals surface area contributed by atoms with Crippen LogP contribution in [0.25, 0.3) is 0 Å². The number of fused-ring (bicyclic) bond motifs is 1. The lowest BCUT2D eigenvalue weighted by atomic mass is 9.51. The second-order valence-electron chi connectivity index (χ2n) is 6.33. The van der Waals surface area contributed by atoms with E-state index in [9.17, 15) is 4.79 Å². The maximum atomic E-state index is 12.4. The molecule has 0 aliphatic heterocycles. The van der Waals surface area contributed by atoms with Gasteiger partial charge in [-0.1, -0.05) is 27.2 Å². The number of hydrogen-bond acceptors (Lipinski definition) is 2. The molecule has 0 aromatic carbocycles. The highest BCUT2D eigenvalue weighted by Gasteiger charge is 2.53. The Hall–Kier alpha value is -0.790. The quantitative estimate of drug-likeness (QED) is 0.502. The van der Waals surface area contributed by atoms with Crippen LogP contribution in [0.15, 0.2) is 11.8 Å². The Morgan fingerprint density at radius 3 is 2.62 bits per heavy atom. The molecule has 90 valence electrons. The fraction of sp³-hybridized carbons (Fsp3) is 0.786. The van der Waals surface area contributed by atoms with Crippen LogP contribution in [0, 0.1) is 16.7 Å². The molecule has 0 aromatic heterocycles. The third-order valence-corrected chi connectivity index (χ3v) is 4.90. The number of carbonyl (C=O) groups excluding carboxylic acids is 1. The largest absolute Gasteiger partial charge is 0.515 e. The van der Waals surface area contributed by atoms with Gasteiger partial charge in [-0.15, -0.1) is 0 Å². The summed E-state index contributed by atoms with van der Waals surface area (Å²) in [6.07, 6.45) is 6.16. The molecule has 2 atom stereocenters. The summed E-state index contributed by atoms with van der Waals surface area (Å²) in [6.45, 7) is 6.68. The molecular weight excluding hydrogens is 200 g/mol. The van der Waals surface area contributed by atoms with Crippen LogP contribution in [0.3, 0.4) is 0 Å². The normalized spacial score (nSPS) is 40.8. The Kier molecular flexibility index (Phi) is 2.64. The summed E-state index contributed by atoms with van der Waals surface area (Å²) < 4.78 is 0. The van der Waals surface area contributed by atoms with Gasteiger partial charge in [0.15, 0.2) is 5.78 Å². The minimum Gasteiger partial charge on any atom is -0.515 e. The Balaban J connectivity index is 2.38. The molecule has 0 bridgehead atoms. The van der Waals surface area contributed by atoms with Gasteiger partial charge < -0.3 is 5.11 Å². The maximum Gasteiger partial charge on any atom is 0.168 e. The van der Waals surface area contributed by atoms with E-state index < -0.39 is 0 Å². The first-order valence-electron chi connectivity index (χ1n) is 6.30. The molecule has 2 saturated carbocycles. The lowest BCUT2D eigenvalue weighted by Gasteiger charge is -2.52. The molecule has 1 N–H and O–H groups in total. The minimum absolute atomic E-state index is 0.194. The smallest absolute Gasteiger partial charge is 0.168 e. The van der Waals surface area contributed by atoms with Crippen molar-refractivity contribution in [2.75, 3.05) is 0 Å². The zero-order valence-corrected chi connectivity index (χ0v) is 10.5. The number of hydrogen-bond donors (Lipinski definition) is 1. The van der Waals surface area contributed by atoms with Crippen molar-refractivity contribution in [3.63, 3.8) is 0 Å². The number of carbonyl (C=O) groups is 1. The van der Waals surface area contributed by atoms with Crippen molar-refractivity contribution in [1.29, 1.82) is 0 Å². The predicted molar refractivity (Wildman–Crippen MR) is 64.2 cm³/mol. The van der Waals surface area contributed by atoms with Crippen molar-refractivity contribution in [1.82, 2.24) is 0 Å². The van der Waals surface area contributed by atoms with Crippen LogP contribution in [-0.4, -0.2) is 10.9 Å². The standard InChI is InChI=1S/C14H22O2/c1-13(2)7-4-8-14(3)11(13)6-5-10(9-15)12(14)16/h9,11,15H,4-8H2,1-3H3/b10-9-/t11-,14-/m0/s1. The Labute approximate surface area is 97.7 Å². The van der Waals surface area contributed by atoms with Crippen LogP contribution in [0.5, 0.6) is 0 Å². The summed E-state index contributed by atoms with van der Waals surface area (Å²) in [5.74, 6) is 0.670.